The molecule has 2 N–H and O–H groups in total. The molecule has 26 heavy (non-hydrogen) atoms. The maximum Gasteiger partial charge on any atom is 0.346 e. The molecule has 2 aliphatic rings. The van der Waals surface area contributed by atoms with Crippen LogP contribution in [0.15, 0.2) is 10.5 Å². The monoisotopic (exact) mass is 424 g/mol. The van der Waals surface area contributed by atoms with E-state index in [-0.39, 0.29) is 23.1 Å². The largest absolute Gasteiger partial charge is 0.506 e. The summed E-state index contributed by atoms with van der Waals surface area (Å²) in [6, 6.07) is 1.90. The zero-order valence-corrected chi connectivity index (χ0v) is 17.3. The van der Waals surface area contributed by atoms with E-state index in [1.807, 2.05) is 13.0 Å². The standard InChI is InChI=1S/C20H25BrO5/c1-9(2)11-6-7-19(4)14(11)12-8-10(3)15(21)16(22)13(12)17(23)20(19,25)18(24)26-5/h8-9,11,14,22,25H,6-7H2,1-5H3/t11-,14+,19+,20+/m0/s1. The Kier molecular flexibility index (Phi) is 4.51. The lowest BCUT2D eigenvalue weighted by molar-refractivity contribution is -0.171. The molecular formula is C20H25BrO5. The Morgan fingerprint density at radius 3 is 2.58 bits per heavy atom. The summed E-state index contributed by atoms with van der Waals surface area (Å²) in [5.74, 6) is -1.69. The molecule has 4 atom stereocenters. The number of carbonyl (C=O) groups is 2. The summed E-state index contributed by atoms with van der Waals surface area (Å²) in [6.45, 7) is 7.86. The SMILES string of the molecule is COC(=O)[C@]1(O)C(=O)c2c(cc(C)c(Br)c2O)[C@H]2[C@H](C(C)C)CC[C@]21C. The molecule has 2 aliphatic carbocycles. The van der Waals surface area contributed by atoms with Crippen LogP contribution < -0.4 is 0 Å². The molecule has 3 rings (SSSR count). The third-order valence-electron chi connectivity index (χ3n) is 6.62. The normalized spacial score (nSPS) is 33.2. The molecule has 0 heterocycles. The van der Waals surface area contributed by atoms with Crippen molar-refractivity contribution in [2.45, 2.75) is 52.1 Å². The Labute approximate surface area is 161 Å². The summed E-state index contributed by atoms with van der Waals surface area (Å²) in [7, 11) is 1.17. The first-order chi connectivity index (χ1) is 12.0. The van der Waals surface area contributed by atoms with Crippen LogP contribution in [0.2, 0.25) is 0 Å². The van der Waals surface area contributed by atoms with Gasteiger partial charge in [-0.3, -0.25) is 4.79 Å². The van der Waals surface area contributed by atoms with Crippen molar-refractivity contribution in [3.8, 4) is 5.75 Å². The number of esters is 1. The van der Waals surface area contributed by atoms with E-state index in [2.05, 4.69) is 29.8 Å². The zero-order chi connectivity index (χ0) is 19.6. The minimum absolute atomic E-state index is 0.0328. The first kappa shape index (κ1) is 19.4. The summed E-state index contributed by atoms with van der Waals surface area (Å²) in [5.41, 5.74) is -1.72. The maximum atomic E-state index is 13.3. The smallest absolute Gasteiger partial charge is 0.346 e. The Bertz CT molecular complexity index is 802. The van der Waals surface area contributed by atoms with Crippen molar-refractivity contribution in [3.63, 3.8) is 0 Å². The second-order valence-electron chi connectivity index (χ2n) is 8.19. The summed E-state index contributed by atoms with van der Waals surface area (Å²) < 4.78 is 5.24. The number of phenolic OH excluding ortho intramolecular Hbond substituents is 1. The molecule has 1 aromatic carbocycles. The Morgan fingerprint density at radius 1 is 1.42 bits per heavy atom. The average Bonchev–Trinajstić information content (AvgIpc) is 2.96. The Hall–Kier alpha value is -1.40. The Balaban J connectivity index is 2.40. The van der Waals surface area contributed by atoms with Gasteiger partial charge in [0.05, 0.1) is 17.1 Å². The number of aromatic hydroxyl groups is 1. The fourth-order valence-corrected chi connectivity index (χ4v) is 5.47. The highest BCUT2D eigenvalue weighted by Gasteiger charge is 2.69. The summed E-state index contributed by atoms with van der Waals surface area (Å²) >= 11 is 3.31. The minimum atomic E-state index is -2.31. The van der Waals surface area contributed by atoms with Gasteiger partial charge in [0.25, 0.3) is 0 Å². The average molecular weight is 425 g/mol. The van der Waals surface area contributed by atoms with Crippen molar-refractivity contribution >= 4 is 27.7 Å². The Morgan fingerprint density at radius 2 is 2.04 bits per heavy atom. The van der Waals surface area contributed by atoms with Crippen molar-refractivity contribution in [2.75, 3.05) is 7.11 Å². The fraction of sp³-hybridized carbons (Fsp3) is 0.600. The van der Waals surface area contributed by atoms with Crippen molar-refractivity contribution in [1.29, 1.82) is 0 Å². The number of carbonyl (C=O) groups excluding carboxylic acids is 2. The quantitative estimate of drug-likeness (QED) is 0.558. The predicted molar refractivity (Wildman–Crippen MR) is 100 cm³/mol. The molecule has 0 saturated heterocycles. The van der Waals surface area contributed by atoms with Gasteiger partial charge in [-0.05, 0) is 64.6 Å². The van der Waals surface area contributed by atoms with Crippen molar-refractivity contribution in [1.82, 2.24) is 0 Å². The summed E-state index contributed by atoms with van der Waals surface area (Å²) in [4.78, 5) is 25.9. The van der Waals surface area contributed by atoms with Gasteiger partial charge in [0.15, 0.2) is 0 Å². The number of aliphatic hydroxyl groups is 1. The van der Waals surface area contributed by atoms with Crippen LogP contribution in [-0.4, -0.2) is 34.7 Å². The van der Waals surface area contributed by atoms with Gasteiger partial charge >= 0.3 is 5.97 Å². The van der Waals surface area contributed by atoms with E-state index < -0.39 is 22.8 Å². The summed E-state index contributed by atoms with van der Waals surface area (Å²) in [6.07, 6.45) is 1.33. The lowest BCUT2D eigenvalue weighted by Crippen LogP contribution is -2.63. The van der Waals surface area contributed by atoms with Crippen LogP contribution in [0.5, 0.6) is 5.75 Å². The number of methoxy groups -OCH3 is 1. The molecule has 1 aromatic rings. The van der Waals surface area contributed by atoms with Crippen LogP contribution in [-0.2, 0) is 9.53 Å². The molecule has 1 saturated carbocycles. The predicted octanol–water partition coefficient (Wildman–Crippen LogP) is 3.72. The van der Waals surface area contributed by atoms with E-state index >= 15 is 0 Å². The number of ketones is 1. The number of phenols is 1. The van der Waals surface area contributed by atoms with Crippen LogP contribution in [0, 0.1) is 24.2 Å². The van der Waals surface area contributed by atoms with E-state index in [0.717, 1.165) is 17.5 Å². The number of rotatable bonds is 2. The number of fused-ring (bicyclic) bond motifs is 3. The van der Waals surface area contributed by atoms with Crippen LogP contribution in [0.3, 0.4) is 0 Å². The molecule has 0 radical (unpaired) electrons. The maximum absolute atomic E-state index is 13.3. The first-order valence-electron chi connectivity index (χ1n) is 8.89. The number of hydrogen-bond acceptors (Lipinski definition) is 5. The molecular weight excluding hydrogens is 400 g/mol. The number of Topliss-reactive ketones (excluding diaryl/α,β-unsaturated/α-hetero) is 1. The second-order valence-corrected chi connectivity index (χ2v) is 8.99. The molecule has 0 bridgehead atoms. The molecule has 142 valence electrons. The van der Waals surface area contributed by atoms with E-state index in [1.54, 1.807) is 6.92 Å². The number of halogens is 1. The lowest BCUT2D eigenvalue weighted by Gasteiger charge is -2.49. The number of benzene rings is 1. The van der Waals surface area contributed by atoms with Crippen LogP contribution in [0.25, 0.3) is 0 Å². The van der Waals surface area contributed by atoms with Gasteiger partial charge in [0.1, 0.15) is 5.75 Å². The number of aryl methyl sites for hydroxylation is 1. The first-order valence-corrected chi connectivity index (χ1v) is 9.69. The molecule has 6 heteroatoms. The lowest BCUT2D eigenvalue weighted by atomic mass is 9.55. The highest BCUT2D eigenvalue weighted by molar-refractivity contribution is 9.10. The van der Waals surface area contributed by atoms with E-state index in [0.29, 0.717) is 16.8 Å². The van der Waals surface area contributed by atoms with Crippen LogP contribution in [0.4, 0.5) is 0 Å². The van der Waals surface area contributed by atoms with E-state index in [9.17, 15) is 19.8 Å². The highest BCUT2D eigenvalue weighted by atomic mass is 79.9. The third kappa shape index (κ3) is 2.18. The molecule has 0 unspecified atom stereocenters. The van der Waals surface area contributed by atoms with Crippen molar-refractivity contribution < 1.29 is 24.5 Å². The molecule has 1 fully saturated rings. The van der Waals surface area contributed by atoms with Crippen LogP contribution >= 0.6 is 15.9 Å². The van der Waals surface area contributed by atoms with Gasteiger partial charge in [0, 0.05) is 5.41 Å². The van der Waals surface area contributed by atoms with Crippen molar-refractivity contribution in [3.05, 3.63) is 27.2 Å². The minimum Gasteiger partial charge on any atom is -0.506 e. The number of ether oxygens (including phenoxy) is 1. The molecule has 0 spiro atoms. The highest BCUT2D eigenvalue weighted by Crippen LogP contribution is 2.64. The van der Waals surface area contributed by atoms with E-state index in [1.165, 1.54) is 7.11 Å². The second kappa shape index (κ2) is 6.06. The topological polar surface area (TPSA) is 83.8 Å². The van der Waals surface area contributed by atoms with Gasteiger partial charge in [-0.2, -0.15) is 0 Å². The van der Waals surface area contributed by atoms with Gasteiger partial charge < -0.3 is 14.9 Å². The van der Waals surface area contributed by atoms with E-state index in [4.69, 9.17) is 4.74 Å². The van der Waals surface area contributed by atoms with Gasteiger partial charge in [-0.15, -0.1) is 0 Å². The molecule has 0 amide bonds. The van der Waals surface area contributed by atoms with Crippen LogP contribution in [0.1, 0.15) is 61.0 Å². The zero-order valence-electron chi connectivity index (χ0n) is 15.7. The fourth-order valence-electron chi connectivity index (χ4n) is 5.16. The van der Waals surface area contributed by atoms with Crippen molar-refractivity contribution in [2.24, 2.45) is 17.3 Å². The third-order valence-corrected chi connectivity index (χ3v) is 7.62. The van der Waals surface area contributed by atoms with Gasteiger partial charge in [-0.25, -0.2) is 4.79 Å². The summed E-state index contributed by atoms with van der Waals surface area (Å²) in [5, 5.41) is 22.1. The molecule has 5 nitrogen and oxygen atoms in total. The van der Waals surface area contributed by atoms with Gasteiger partial charge in [0.2, 0.25) is 11.4 Å². The molecule has 0 aliphatic heterocycles. The molecule has 0 aromatic heterocycles. The van der Waals surface area contributed by atoms with Gasteiger partial charge in [-0.1, -0.05) is 26.8 Å². The number of hydrogen-bond donors (Lipinski definition) is 2.